The summed E-state index contributed by atoms with van der Waals surface area (Å²) < 4.78 is 24.4. The van der Waals surface area contributed by atoms with Crippen molar-refractivity contribution >= 4 is 33.6 Å². The molecule has 130 valence electrons. The molecule has 5 N–H and O–H groups in total. The Hall–Kier alpha value is -2.46. The molecule has 2 aromatic rings. The molecular formula is C14H21N7O2S. The van der Waals surface area contributed by atoms with Crippen LogP contribution in [-0.4, -0.2) is 42.7 Å². The van der Waals surface area contributed by atoms with Gasteiger partial charge in [0.25, 0.3) is 0 Å². The summed E-state index contributed by atoms with van der Waals surface area (Å²) in [5.41, 5.74) is 8.74. The largest absolute Gasteiger partial charge is 0.368 e. The minimum absolute atomic E-state index is 0.0661. The van der Waals surface area contributed by atoms with E-state index in [0.717, 1.165) is 23.1 Å². The minimum Gasteiger partial charge on any atom is -0.368 e. The Kier molecular flexibility index (Phi) is 5.52. The van der Waals surface area contributed by atoms with Crippen LogP contribution in [0.15, 0.2) is 18.2 Å². The average molecular weight is 351 g/mol. The molecule has 1 heterocycles. The number of hydrogen-bond acceptors (Lipinski definition) is 8. The first-order valence-electron chi connectivity index (χ1n) is 7.27. The second-order valence-corrected chi connectivity index (χ2v) is 7.21. The lowest BCUT2D eigenvalue weighted by Gasteiger charge is -2.11. The molecule has 0 amide bonds. The van der Waals surface area contributed by atoms with Gasteiger partial charge < -0.3 is 16.4 Å². The molecule has 0 bridgehead atoms. The van der Waals surface area contributed by atoms with Gasteiger partial charge in [-0.05, 0) is 31.0 Å². The van der Waals surface area contributed by atoms with Gasteiger partial charge in [-0.15, -0.1) is 0 Å². The average Bonchev–Trinajstić information content (AvgIpc) is 2.46. The first kappa shape index (κ1) is 17.9. The molecule has 0 fully saturated rings. The third-order valence-electron chi connectivity index (χ3n) is 3.06. The van der Waals surface area contributed by atoms with Crippen molar-refractivity contribution in [3.05, 3.63) is 29.3 Å². The zero-order valence-corrected chi connectivity index (χ0v) is 14.6. The number of nitrogens with one attached hydrogen (secondary N) is 3. The van der Waals surface area contributed by atoms with Crippen LogP contribution in [0, 0.1) is 13.8 Å². The van der Waals surface area contributed by atoms with Gasteiger partial charge in [-0.1, -0.05) is 12.1 Å². The number of nitrogens with zero attached hydrogens (tertiary/aromatic N) is 3. The van der Waals surface area contributed by atoms with Crippen molar-refractivity contribution in [3.63, 3.8) is 0 Å². The van der Waals surface area contributed by atoms with E-state index in [1.807, 2.05) is 32.0 Å². The number of nitrogen functional groups attached to an aromatic ring is 1. The van der Waals surface area contributed by atoms with Crippen LogP contribution in [0.25, 0.3) is 0 Å². The number of rotatable bonds is 7. The summed E-state index contributed by atoms with van der Waals surface area (Å²) in [4.78, 5) is 12.3. The molecule has 1 aromatic carbocycles. The maximum Gasteiger partial charge on any atom is 0.233 e. The highest BCUT2D eigenvalue weighted by atomic mass is 32.2. The van der Waals surface area contributed by atoms with E-state index in [0.29, 0.717) is 12.5 Å². The van der Waals surface area contributed by atoms with Gasteiger partial charge in [-0.3, -0.25) is 0 Å². The number of benzene rings is 1. The number of hydrogen-bond donors (Lipinski definition) is 4. The molecule has 2 rings (SSSR count). The van der Waals surface area contributed by atoms with Crippen molar-refractivity contribution < 1.29 is 8.42 Å². The minimum atomic E-state index is -3.22. The molecule has 0 aliphatic heterocycles. The Morgan fingerprint density at radius 1 is 1.08 bits per heavy atom. The fourth-order valence-electron chi connectivity index (χ4n) is 1.93. The van der Waals surface area contributed by atoms with Crippen LogP contribution in [0.1, 0.15) is 11.1 Å². The molecule has 9 nitrogen and oxygen atoms in total. The zero-order valence-electron chi connectivity index (χ0n) is 13.8. The number of anilines is 4. The fraction of sp³-hybridized carbons (Fsp3) is 0.357. The summed E-state index contributed by atoms with van der Waals surface area (Å²) in [5.74, 6) is 0.650. The highest BCUT2D eigenvalue weighted by Gasteiger charge is 2.07. The zero-order chi connectivity index (χ0) is 17.7. The molecule has 0 unspecified atom stereocenters. The second-order valence-electron chi connectivity index (χ2n) is 5.38. The van der Waals surface area contributed by atoms with Crippen molar-refractivity contribution in [1.82, 2.24) is 19.7 Å². The summed E-state index contributed by atoms with van der Waals surface area (Å²) in [6, 6.07) is 6.00. The third kappa shape index (κ3) is 5.63. The summed E-state index contributed by atoms with van der Waals surface area (Å²) >= 11 is 0. The second kappa shape index (κ2) is 7.41. The molecule has 0 saturated heterocycles. The van der Waals surface area contributed by atoms with Gasteiger partial charge in [0.1, 0.15) is 0 Å². The monoisotopic (exact) mass is 351 g/mol. The summed E-state index contributed by atoms with van der Waals surface area (Å²) in [5, 5.41) is 6.02. The third-order valence-corrected chi connectivity index (χ3v) is 3.79. The van der Waals surface area contributed by atoms with Crippen molar-refractivity contribution in [2.24, 2.45) is 0 Å². The summed E-state index contributed by atoms with van der Waals surface area (Å²) in [6.07, 6.45) is 1.10. The number of aryl methyl sites for hydroxylation is 2. The first-order valence-corrected chi connectivity index (χ1v) is 9.16. The number of sulfonamides is 1. The van der Waals surface area contributed by atoms with Crippen LogP contribution < -0.4 is 21.1 Å². The summed E-state index contributed by atoms with van der Waals surface area (Å²) in [6.45, 7) is 4.50. The van der Waals surface area contributed by atoms with E-state index in [1.54, 1.807) is 0 Å². The van der Waals surface area contributed by atoms with E-state index >= 15 is 0 Å². The van der Waals surface area contributed by atoms with Gasteiger partial charge in [0, 0.05) is 18.8 Å². The molecule has 24 heavy (non-hydrogen) atoms. The van der Waals surface area contributed by atoms with E-state index in [1.165, 1.54) is 0 Å². The lowest BCUT2D eigenvalue weighted by molar-refractivity contribution is 0.589. The van der Waals surface area contributed by atoms with Crippen LogP contribution in [0.2, 0.25) is 0 Å². The highest BCUT2D eigenvalue weighted by molar-refractivity contribution is 7.88. The van der Waals surface area contributed by atoms with Gasteiger partial charge in [0.2, 0.25) is 27.9 Å². The Morgan fingerprint density at radius 2 is 1.79 bits per heavy atom. The summed E-state index contributed by atoms with van der Waals surface area (Å²) in [7, 11) is -3.22. The molecule has 0 radical (unpaired) electrons. The molecule has 10 heteroatoms. The lowest BCUT2D eigenvalue weighted by Crippen LogP contribution is -2.28. The quantitative estimate of drug-likeness (QED) is 0.537. The Morgan fingerprint density at radius 3 is 2.50 bits per heavy atom. The predicted molar refractivity (Wildman–Crippen MR) is 94.8 cm³/mol. The lowest BCUT2D eigenvalue weighted by atomic mass is 10.1. The van der Waals surface area contributed by atoms with Crippen LogP contribution in [0.3, 0.4) is 0 Å². The smallest absolute Gasteiger partial charge is 0.233 e. The Bertz CT molecular complexity index is 824. The number of nitrogens with two attached hydrogens (primary N) is 1. The van der Waals surface area contributed by atoms with Gasteiger partial charge >= 0.3 is 0 Å². The van der Waals surface area contributed by atoms with Crippen LogP contribution in [0.5, 0.6) is 0 Å². The van der Waals surface area contributed by atoms with E-state index in [-0.39, 0.29) is 18.4 Å². The highest BCUT2D eigenvalue weighted by Crippen LogP contribution is 2.20. The van der Waals surface area contributed by atoms with E-state index in [2.05, 4.69) is 30.3 Å². The molecule has 0 spiro atoms. The van der Waals surface area contributed by atoms with Crippen molar-refractivity contribution in [2.75, 3.05) is 35.7 Å². The molecule has 0 saturated carbocycles. The van der Waals surface area contributed by atoms with Gasteiger partial charge in [-0.25, -0.2) is 13.1 Å². The molecular weight excluding hydrogens is 330 g/mol. The van der Waals surface area contributed by atoms with Gasteiger partial charge in [0.05, 0.1) is 6.26 Å². The van der Waals surface area contributed by atoms with Crippen LogP contribution in [-0.2, 0) is 10.0 Å². The Balaban J connectivity index is 2.06. The van der Waals surface area contributed by atoms with E-state index < -0.39 is 10.0 Å². The van der Waals surface area contributed by atoms with Gasteiger partial charge in [-0.2, -0.15) is 15.0 Å². The van der Waals surface area contributed by atoms with Crippen LogP contribution >= 0.6 is 0 Å². The van der Waals surface area contributed by atoms with Gasteiger partial charge in [0.15, 0.2) is 0 Å². The van der Waals surface area contributed by atoms with Crippen molar-refractivity contribution in [1.29, 1.82) is 0 Å². The molecule has 0 atom stereocenters. The van der Waals surface area contributed by atoms with Crippen molar-refractivity contribution in [3.8, 4) is 0 Å². The molecule has 0 aliphatic carbocycles. The van der Waals surface area contributed by atoms with Crippen molar-refractivity contribution in [2.45, 2.75) is 13.8 Å². The fourth-order valence-corrected chi connectivity index (χ4v) is 2.40. The standard InChI is InChI=1S/C14H21N7O2S/c1-9-4-5-10(2)11(8-9)18-14-20-12(15)19-13(21-14)16-6-7-17-24(3,22)23/h4-5,8,17H,6-7H2,1-3H3,(H4,15,16,18,19,20,21). The van der Waals surface area contributed by atoms with Crippen LogP contribution in [0.4, 0.5) is 23.5 Å². The normalized spacial score (nSPS) is 11.3. The van der Waals surface area contributed by atoms with E-state index in [4.69, 9.17) is 5.73 Å². The van der Waals surface area contributed by atoms with E-state index in [9.17, 15) is 8.42 Å². The SMILES string of the molecule is Cc1ccc(C)c(Nc2nc(N)nc(NCCNS(C)(=O)=O)n2)c1. The maximum absolute atomic E-state index is 11.0. The molecule has 0 aliphatic rings. The molecule has 1 aromatic heterocycles. The Labute approximate surface area is 141 Å². The number of aromatic nitrogens is 3. The first-order chi connectivity index (χ1) is 11.2. The topological polar surface area (TPSA) is 135 Å². The maximum atomic E-state index is 11.0. The predicted octanol–water partition coefficient (Wildman–Crippen LogP) is 0.775.